The molecule has 1 saturated heterocycles. The van der Waals surface area contributed by atoms with Gasteiger partial charge in [0.15, 0.2) is 0 Å². The minimum Gasteiger partial charge on any atom is -0.397 e. The highest BCUT2D eigenvalue weighted by atomic mass is 32.1. The highest BCUT2D eigenvalue weighted by molar-refractivity contribution is 7.18. The van der Waals surface area contributed by atoms with Crippen LogP contribution in [0.4, 0.5) is 10.7 Å². The lowest BCUT2D eigenvalue weighted by atomic mass is 9.83. The van der Waals surface area contributed by atoms with Gasteiger partial charge in [0.2, 0.25) is 0 Å². The summed E-state index contributed by atoms with van der Waals surface area (Å²) >= 11 is 1.50. The van der Waals surface area contributed by atoms with Crippen LogP contribution < -0.4 is 16.0 Å². The van der Waals surface area contributed by atoms with Crippen molar-refractivity contribution in [3.8, 4) is 0 Å². The van der Waals surface area contributed by atoms with Gasteiger partial charge in [-0.15, -0.1) is 11.3 Å². The predicted octanol–water partition coefficient (Wildman–Crippen LogP) is 2.71. The maximum absolute atomic E-state index is 11.9. The lowest BCUT2D eigenvalue weighted by Crippen LogP contribution is -2.36. The number of amides is 1. The second-order valence-electron chi connectivity index (χ2n) is 5.88. The average Bonchev–Trinajstić information content (AvgIpc) is 2.71. The van der Waals surface area contributed by atoms with Gasteiger partial charge in [-0.05, 0) is 31.2 Å². The van der Waals surface area contributed by atoms with Crippen LogP contribution in [0.2, 0.25) is 0 Å². The molecule has 4 nitrogen and oxygen atoms in total. The molecule has 1 aromatic rings. The van der Waals surface area contributed by atoms with E-state index in [0.29, 0.717) is 22.5 Å². The normalized spacial score (nSPS) is 18.4. The van der Waals surface area contributed by atoms with Crippen molar-refractivity contribution in [2.45, 2.75) is 33.6 Å². The van der Waals surface area contributed by atoms with Gasteiger partial charge < -0.3 is 16.0 Å². The molecule has 3 N–H and O–H groups in total. The molecule has 1 aliphatic heterocycles. The van der Waals surface area contributed by atoms with Crippen LogP contribution in [0.25, 0.3) is 0 Å². The summed E-state index contributed by atoms with van der Waals surface area (Å²) in [6, 6.07) is 1.94. The summed E-state index contributed by atoms with van der Waals surface area (Å²) in [6.45, 7) is 9.25. The summed E-state index contributed by atoms with van der Waals surface area (Å²) in [6.07, 6.45) is 2.36. The predicted molar refractivity (Wildman–Crippen MR) is 82.0 cm³/mol. The van der Waals surface area contributed by atoms with E-state index in [2.05, 4.69) is 24.1 Å². The van der Waals surface area contributed by atoms with Gasteiger partial charge in [-0.1, -0.05) is 13.8 Å². The molecule has 0 spiro atoms. The Morgan fingerprint density at radius 2 is 2.11 bits per heavy atom. The number of hydrogen-bond donors (Lipinski definition) is 2. The number of piperidine rings is 1. The molecule has 0 radical (unpaired) electrons. The Kier molecular flexibility index (Phi) is 4.04. The van der Waals surface area contributed by atoms with Crippen LogP contribution >= 0.6 is 11.3 Å². The molecule has 0 bridgehead atoms. The number of rotatable bonds is 3. The van der Waals surface area contributed by atoms with Gasteiger partial charge in [0.25, 0.3) is 5.91 Å². The molecule has 106 valence electrons. The molecule has 0 saturated carbocycles. The second-order valence-corrected chi connectivity index (χ2v) is 6.91. The van der Waals surface area contributed by atoms with Crippen LogP contribution in [0.15, 0.2) is 6.07 Å². The standard InChI is InChI=1S/C14H23N3OS/c1-4-16-13(18)12-10(15)9-11(19-12)17-7-5-14(2,3)6-8-17/h9H,4-8,15H2,1-3H3,(H,16,18). The summed E-state index contributed by atoms with van der Waals surface area (Å²) < 4.78 is 0. The number of nitrogens with zero attached hydrogens (tertiary/aromatic N) is 1. The highest BCUT2D eigenvalue weighted by Crippen LogP contribution is 2.37. The van der Waals surface area contributed by atoms with Crippen LogP contribution in [0.1, 0.15) is 43.3 Å². The van der Waals surface area contributed by atoms with Gasteiger partial charge in [0.05, 0.1) is 10.7 Å². The molecule has 0 aliphatic carbocycles. The number of nitrogens with two attached hydrogens (primary N) is 1. The first-order valence-electron chi connectivity index (χ1n) is 6.85. The van der Waals surface area contributed by atoms with Gasteiger partial charge >= 0.3 is 0 Å². The van der Waals surface area contributed by atoms with E-state index in [0.717, 1.165) is 18.1 Å². The quantitative estimate of drug-likeness (QED) is 0.895. The van der Waals surface area contributed by atoms with Crippen LogP contribution in [0.3, 0.4) is 0 Å². The maximum atomic E-state index is 11.9. The molecule has 1 fully saturated rings. The number of nitrogens with one attached hydrogen (secondary N) is 1. The minimum atomic E-state index is -0.0615. The van der Waals surface area contributed by atoms with Gasteiger partial charge in [0.1, 0.15) is 4.88 Å². The van der Waals surface area contributed by atoms with Crippen molar-refractivity contribution in [1.29, 1.82) is 0 Å². The number of thiophene rings is 1. The van der Waals surface area contributed by atoms with Crippen LogP contribution in [-0.2, 0) is 0 Å². The molecule has 2 heterocycles. The lowest BCUT2D eigenvalue weighted by molar-refractivity contribution is 0.0960. The van der Waals surface area contributed by atoms with Gasteiger partial charge in [-0.2, -0.15) is 0 Å². The maximum Gasteiger partial charge on any atom is 0.263 e. The van der Waals surface area contributed by atoms with Crippen molar-refractivity contribution in [2.24, 2.45) is 5.41 Å². The Hall–Kier alpha value is -1.23. The highest BCUT2D eigenvalue weighted by Gasteiger charge is 2.27. The van der Waals surface area contributed by atoms with Crippen LogP contribution in [0, 0.1) is 5.41 Å². The van der Waals surface area contributed by atoms with E-state index >= 15 is 0 Å². The molecule has 2 rings (SSSR count). The summed E-state index contributed by atoms with van der Waals surface area (Å²) in [7, 11) is 0. The van der Waals surface area contributed by atoms with E-state index in [4.69, 9.17) is 5.73 Å². The van der Waals surface area contributed by atoms with Gasteiger partial charge in [-0.3, -0.25) is 4.79 Å². The SMILES string of the molecule is CCNC(=O)c1sc(N2CCC(C)(C)CC2)cc1N. The van der Waals surface area contributed by atoms with Gasteiger partial charge in [-0.25, -0.2) is 0 Å². The smallest absolute Gasteiger partial charge is 0.263 e. The molecule has 5 heteroatoms. The number of hydrogen-bond acceptors (Lipinski definition) is 4. The average molecular weight is 281 g/mol. The topological polar surface area (TPSA) is 58.4 Å². The number of anilines is 2. The van der Waals surface area contributed by atoms with Crippen molar-refractivity contribution in [2.75, 3.05) is 30.3 Å². The third-order valence-corrected chi connectivity index (χ3v) is 4.93. The monoisotopic (exact) mass is 281 g/mol. The zero-order chi connectivity index (χ0) is 14.0. The van der Waals surface area contributed by atoms with E-state index in [1.54, 1.807) is 0 Å². The summed E-state index contributed by atoms with van der Waals surface area (Å²) in [4.78, 5) is 14.8. The molecule has 19 heavy (non-hydrogen) atoms. The molecule has 1 amide bonds. The van der Waals surface area contributed by atoms with E-state index in [9.17, 15) is 4.79 Å². The Morgan fingerprint density at radius 3 is 2.68 bits per heavy atom. The number of carbonyl (C=O) groups excluding carboxylic acids is 1. The zero-order valence-corrected chi connectivity index (χ0v) is 12.8. The molecule has 0 unspecified atom stereocenters. The Morgan fingerprint density at radius 1 is 1.47 bits per heavy atom. The van der Waals surface area contributed by atoms with Crippen LogP contribution in [0.5, 0.6) is 0 Å². The fraction of sp³-hybridized carbons (Fsp3) is 0.643. The Balaban J connectivity index is 2.10. The first-order valence-corrected chi connectivity index (χ1v) is 7.67. The zero-order valence-electron chi connectivity index (χ0n) is 12.0. The van der Waals surface area contributed by atoms with E-state index in [1.807, 2.05) is 13.0 Å². The molecular weight excluding hydrogens is 258 g/mol. The molecule has 0 atom stereocenters. The lowest BCUT2D eigenvalue weighted by Gasteiger charge is -2.37. The van der Waals surface area contributed by atoms with Crippen molar-refractivity contribution in [3.05, 3.63) is 10.9 Å². The van der Waals surface area contributed by atoms with E-state index in [1.165, 1.54) is 24.2 Å². The summed E-state index contributed by atoms with van der Waals surface area (Å²) in [5.74, 6) is -0.0615. The Bertz CT molecular complexity index is 457. The third kappa shape index (κ3) is 3.21. The van der Waals surface area contributed by atoms with Crippen molar-refractivity contribution in [3.63, 3.8) is 0 Å². The largest absolute Gasteiger partial charge is 0.397 e. The van der Waals surface area contributed by atoms with Gasteiger partial charge in [0, 0.05) is 19.6 Å². The van der Waals surface area contributed by atoms with E-state index in [-0.39, 0.29) is 5.91 Å². The minimum absolute atomic E-state index is 0.0615. The first kappa shape index (κ1) is 14.2. The fourth-order valence-corrected chi connectivity index (χ4v) is 3.35. The summed E-state index contributed by atoms with van der Waals surface area (Å²) in [5, 5.41) is 3.92. The number of carbonyl (C=O) groups is 1. The first-order chi connectivity index (χ1) is 8.93. The van der Waals surface area contributed by atoms with Crippen molar-refractivity contribution < 1.29 is 4.79 Å². The van der Waals surface area contributed by atoms with Crippen molar-refractivity contribution in [1.82, 2.24) is 5.32 Å². The third-order valence-electron chi connectivity index (χ3n) is 3.72. The fourth-order valence-electron chi connectivity index (χ4n) is 2.30. The van der Waals surface area contributed by atoms with Crippen LogP contribution in [-0.4, -0.2) is 25.5 Å². The number of nitrogen functional groups attached to an aromatic ring is 1. The van der Waals surface area contributed by atoms with E-state index < -0.39 is 0 Å². The second kappa shape index (κ2) is 5.41. The molecule has 1 aromatic heterocycles. The van der Waals surface area contributed by atoms with Crippen molar-refractivity contribution >= 4 is 27.9 Å². The molecular formula is C14H23N3OS. The molecule has 1 aliphatic rings. The Labute approximate surface area is 119 Å². The molecule has 0 aromatic carbocycles. The summed E-state index contributed by atoms with van der Waals surface area (Å²) in [5.41, 5.74) is 6.98.